The Bertz CT molecular complexity index is 316. The minimum Gasteiger partial charge on any atom is -0.356 e. The molecule has 1 atom stereocenters. The SMILES string of the molecule is OC(OCc1ccccc1)N1CC=CC1. The Labute approximate surface area is 89.6 Å². The van der Waals surface area contributed by atoms with Gasteiger partial charge in [-0.2, -0.15) is 0 Å². The molecule has 0 saturated carbocycles. The number of aliphatic hydroxyl groups excluding tert-OH is 1. The first-order valence-electron chi connectivity index (χ1n) is 5.09. The van der Waals surface area contributed by atoms with Crippen molar-refractivity contribution in [3.05, 3.63) is 48.0 Å². The predicted molar refractivity (Wildman–Crippen MR) is 58.0 cm³/mol. The molecule has 1 aromatic carbocycles. The van der Waals surface area contributed by atoms with Crippen LogP contribution >= 0.6 is 0 Å². The summed E-state index contributed by atoms with van der Waals surface area (Å²) in [7, 11) is 0. The van der Waals surface area contributed by atoms with Crippen LogP contribution in [-0.2, 0) is 11.3 Å². The van der Waals surface area contributed by atoms with Gasteiger partial charge in [-0.05, 0) is 5.56 Å². The summed E-state index contributed by atoms with van der Waals surface area (Å²) in [4.78, 5) is 1.85. The highest BCUT2D eigenvalue weighted by molar-refractivity contribution is 5.13. The zero-order chi connectivity index (χ0) is 10.5. The molecule has 2 rings (SSSR count). The Morgan fingerprint density at radius 1 is 1.20 bits per heavy atom. The van der Waals surface area contributed by atoms with E-state index in [1.165, 1.54) is 0 Å². The second kappa shape index (κ2) is 5.07. The monoisotopic (exact) mass is 205 g/mol. The van der Waals surface area contributed by atoms with Crippen molar-refractivity contribution >= 4 is 0 Å². The third-order valence-electron chi connectivity index (χ3n) is 2.40. The van der Waals surface area contributed by atoms with E-state index in [1.807, 2.05) is 47.4 Å². The van der Waals surface area contributed by atoms with Gasteiger partial charge in [-0.15, -0.1) is 0 Å². The van der Waals surface area contributed by atoms with Crippen molar-refractivity contribution < 1.29 is 9.84 Å². The van der Waals surface area contributed by atoms with E-state index >= 15 is 0 Å². The van der Waals surface area contributed by atoms with E-state index in [4.69, 9.17) is 4.74 Å². The van der Waals surface area contributed by atoms with Crippen LogP contribution in [0.25, 0.3) is 0 Å². The van der Waals surface area contributed by atoms with Crippen LogP contribution in [0.5, 0.6) is 0 Å². The lowest BCUT2D eigenvalue weighted by molar-refractivity contribution is -0.191. The van der Waals surface area contributed by atoms with Crippen molar-refractivity contribution in [3.8, 4) is 0 Å². The topological polar surface area (TPSA) is 32.7 Å². The van der Waals surface area contributed by atoms with Crippen LogP contribution in [0.2, 0.25) is 0 Å². The quantitative estimate of drug-likeness (QED) is 0.595. The number of hydrogen-bond donors (Lipinski definition) is 1. The molecule has 0 radical (unpaired) electrons. The second-order valence-electron chi connectivity index (χ2n) is 3.55. The molecule has 1 aliphatic heterocycles. The predicted octanol–water partition coefficient (Wildman–Crippen LogP) is 1.35. The van der Waals surface area contributed by atoms with Crippen LogP contribution in [0.15, 0.2) is 42.5 Å². The van der Waals surface area contributed by atoms with Crippen LogP contribution in [0.4, 0.5) is 0 Å². The van der Waals surface area contributed by atoms with Gasteiger partial charge in [0.25, 0.3) is 0 Å². The van der Waals surface area contributed by atoms with Gasteiger partial charge in [0.15, 0.2) is 0 Å². The molecule has 0 aliphatic carbocycles. The zero-order valence-corrected chi connectivity index (χ0v) is 8.54. The minimum atomic E-state index is -0.805. The molecule has 1 unspecified atom stereocenters. The highest BCUT2D eigenvalue weighted by atomic mass is 16.6. The van der Waals surface area contributed by atoms with Gasteiger partial charge >= 0.3 is 0 Å². The summed E-state index contributed by atoms with van der Waals surface area (Å²) in [5, 5.41) is 9.67. The molecular weight excluding hydrogens is 190 g/mol. The molecule has 3 nitrogen and oxygen atoms in total. The summed E-state index contributed by atoms with van der Waals surface area (Å²) in [6.45, 7) is 1.96. The largest absolute Gasteiger partial charge is 0.356 e. The van der Waals surface area contributed by atoms with E-state index < -0.39 is 6.41 Å². The lowest BCUT2D eigenvalue weighted by atomic mass is 10.2. The highest BCUT2D eigenvalue weighted by Crippen LogP contribution is 2.08. The summed E-state index contributed by atoms with van der Waals surface area (Å²) in [6.07, 6.45) is 3.24. The molecule has 1 heterocycles. The molecule has 0 amide bonds. The van der Waals surface area contributed by atoms with Crippen LogP contribution in [0.3, 0.4) is 0 Å². The maximum atomic E-state index is 9.67. The van der Waals surface area contributed by atoms with Gasteiger partial charge in [0.2, 0.25) is 6.41 Å². The fraction of sp³-hybridized carbons (Fsp3) is 0.333. The molecule has 0 bridgehead atoms. The Morgan fingerprint density at radius 2 is 1.87 bits per heavy atom. The smallest absolute Gasteiger partial charge is 0.216 e. The first-order valence-corrected chi connectivity index (χ1v) is 5.09. The van der Waals surface area contributed by atoms with Gasteiger partial charge in [0, 0.05) is 13.1 Å². The number of benzene rings is 1. The van der Waals surface area contributed by atoms with E-state index in [9.17, 15) is 5.11 Å². The van der Waals surface area contributed by atoms with Crippen molar-refractivity contribution in [1.29, 1.82) is 0 Å². The molecule has 1 aliphatic rings. The molecule has 0 saturated heterocycles. The van der Waals surface area contributed by atoms with E-state index in [1.54, 1.807) is 0 Å². The maximum absolute atomic E-state index is 9.67. The lowest BCUT2D eigenvalue weighted by Gasteiger charge is -2.22. The first kappa shape index (κ1) is 10.4. The molecular formula is C12H15NO2. The number of ether oxygens (including phenoxy) is 1. The number of hydrogen-bond acceptors (Lipinski definition) is 3. The maximum Gasteiger partial charge on any atom is 0.216 e. The van der Waals surface area contributed by atoms with Crippen LogP contribution in [0, 0.1) is 0 Å². The standard InChI is InChI=1S/C12H15NO2/c14-12(13-8-4-5-9-13)15-10-11-6-2-1-3-7-11/h1-7,12,14H,8-10H2. The molecule has 1 N–H and O–H groups in total. The Morgan fingerprint density at radius 3 is 2.53 bits per heavy atom. The van der Waals surface area contributed by atoms with Crippen molar-refractivity contribution in [2.75, 3.05) is 13.1 Å². The molecule has 15 heavy (non-hydrogen) atoms. The number of aliphatic hydroxyl groups is 1. The fourth-order valence-corrected chi connectivity index (χ4v) is 1.53. The molecule has 80 valence electrons. The Hall–Kier alpha value is -1.16. The molecule has 0 spiro atoms. The summed E-state index contributed by atoms with van der Waals surface area (Å²) in [6, 6.07) is 9.85. The van der Waals surface area contributed by atoms with Crippen LogP contribution in [-0.4, -0.2) is 29.5 Å². The van der Waals surface area contributed by atoms with Gasteiger partial charge in [-0.25, -0.2) is 4.90 Å². The molecule has 3 heteroatoms. The average molecular weight is 205 g/mol. The highest BCUT2D eigenvalue weighted by Gasteiger charge is 2.16. The van der Waals surface area contributed by atoms with Gasteiger partial charge in [-0.1, -0.05) is 42.5 Å². The molecule has 1 aromatic rings. The normalized spacial score (nSPS) is 18.2. The number of nitrogens with zero attached hydrogens (tertiary/aromatic N) is 1. The second-order valence-corrected chi connectivity index (χ2v) is 3.55. The summed E-state index contributed by atoms with van der Waals surface area (Å²) in [5.74, 6) is 0. The van der Waals surface area contributed by atoms with Gasteiger partial charge in [-0.3, -0.25) is 0 Å². The molecule has 0 fully saturated rings. The van der Waals surface area contributed by atoms with Crippen molar-refractivity contribution in [2.45, 2.75) is 13.0 Å². The van der Waals surface area contributed by atoms with Crippen LogP contribution < -0.4 is 0 Å². The molecule has 0 aromatic heterocycles. The Kier molecular flexibility index (Phi) is 3.50. The van der Waals surface area contributed by atoms with Gasteiger partial charge in [0.1, 0.15) is 0 Å². The minimum absolute atomic E-state index is 0.443. The van der Waals surface area contributed by atoms with Crippen molar-refractivity contribution in [3.63, 3.8) is 0 Å². The summed E-state index contributed by atoms with van der Waals surface area (Å²) < 4.78 is 5.35. The zero-order valence-electron chi connectivity index (χ0n) is 8.54. The summed E-state index contributed by atoms with van der Waals surface area (Å²) >= 11 is 0. The van der Waals surface area contributed by atoms with Crippen molar-refractivity contribution in [2.24, 2.45) is 0 Å². The average Bonchev–Trinajstić information content (AvgIpc) is 2.81. The van der Waals surface area contributed by atoms with E-state index in [-0.39, 0.29) is 0 Å². The third-order valence-corrected chi connectivity index (χ3v) is 2.40. The van der Waals surface area contributed by atoms with Gasteiger partial charge in [0.05, 0.1) is 6.61 Å². The van der Waals surface area contributed by atoms with E-state index in [0.29, 0.717) is 6.61 Å². The van der Waals surface area contributed by atoms with Crippen molar-refractivity contribution in [1.82, 2.24) is 4.90 Å². The summed E-state index contributed by atoms with van der Waals surface area (Å²) in [5.41, 5.74) is 1.07. The first-order chi connectivity index (χ1) is 7.36. The lowest BCUT2D eigenvalue weighted by Crippen LogP contribution is -2.34. The van der Waals surface area contributed by atoms with Crippen LogP contribution in [0.1, 0.15) is 5.56 Å². The number of rotatable bonds is 4. The van der Waals surface area contributed by atoms with E-state index in [2.05, 4.69) is 0 Å². The van der Waals surface area contributed by atoms with Gasteiger partial charge < -0.3 is 9.84 Å². The third kappa shape index (κ3) is 2.89. The van der Waals surface area contributed by atoms with E-state index in [0.717, 1.165) is 18.7 Å². The fourth-order valence-electron chi connectivity index (χ4n) is 1.53. The Balaban J connectivity index is 1.78.